The zero-order valence-corrected chi connectivity index (χ0v) is 17.5. The normalized spacial score (nSPS) is 15.3. The molecule has 0 aromatic carbocycles. The molecule has 1 saturated heterocycles. The van der Waals surface area contributed by atoms with Crippen LogP contribution in [-0.4, -0.2) is 51.9 Å². The van der Waals surface area contributed by atoms with E-state index in [0.29, 0.717) is 11.0 Å². The summed E-state index contributed by atoms with van der Waals surface area (Å²) in [6.07, 6.45) is 0.0269. The first-order valence-electron chi connectivity index (χ1n) is 9.13. The van der Waals surface area contributed by atoms with Crippen molar-refractivity contribution in [3.05, 3.63) is 16.1 Å². The minimum atomic E-state index is -1.00. The molecule has 1 fully saturated rings. The molecule has 0 aliphatic carbocycles. The number of carbonyl (C=O) groups is 4. The molecule has 1 aliphatic rings. The van der Waals surface area contributed by atoms with Crippen molar-refractivity contribution < 1.29 is 24.0 Å². The quantitative estimate of drug-likeness (QED) is 0.689. The fourth-order valence-corrected chi connectivity index (χ4v) is 3.35. The van der Waals surface area contributed by atoms with Crippen LogP contribution >= 0.6 is 11.3 Å². The summed E-state index contributed by atoms with van der Waals surface area (Å²) in [6, 6.07) is -1.48. The van der Waals surface area contributed by atoms with Crippen molar-refractivity contribution in [3.63, 3.8) is 0 Å². The number of urea groups is 1. The molecule has 10 heteroatoms. The lowest BCUT2D eigenvalue weighted by atomic mass is 10.1. The lowest BCUT2D eigenvalue weighted by Gasteiger charge is -2.25. The molecular weight excluding hydrogens is 384 g/mol. The van der Waals surface area contributed by atoms with E-state index in [9.17, 15) is 19.2 Å². The standard InChI is InChI=1S/C18H26N4O5S/c1-10(2)15(17(25)27-22-13(23)6-7-14(22)24)20-18(26)21(5)8-12-9-28-16(19-12)11(3)4/h9-11,15H,6-8H2,1-5H3,(H,20,26)/t15-/m0/s1. The maximum atomic E-state index is 12.5. The van der Waals surface area contributed by atoms with Gasteiger partial charge in [-0.3, -0.25) is 9.59 Å². The van der Waals surface area contributed by atoms with Crippen LogP contribution < -0.4 is 5.32 Å². The monoisotopic (exact) mass is 410 g/mol. The van der Waals surface area contributed by atoms with Crippen molar-refractivity contribution in [2.45, 2.75) is 59.0 Å². The number of hydrogen-bond acceptors (Lipinski definition) is 7. The van der Waals surface area contributed by atoms with Crippen LogP contribution in [0, 0.1) is 5.92 Å². The lowest BCUT2D eigenvalue weighted by Crippen LogP contribution is -2.51. The van der Waals surface area contributed by atoms with E-state index in [0.717, 1.165) is 10.7 Å². The van der Waals surface area contributed by atoms with E-state index in [-0.39, 0.29) is 25.3 Å². The Morgan fingerprint density at radius 3 is 2.36 bits per heavy atom. The third kappa shape index (κ3) is 5.28. The Bertz CT molecular complexity index is 745. The molecule has 1 aromatic rings. The molecule has 0 saturated carbocycles. The van der Waals surface area contributed by atoms with E-state index in [1.165, 1.54) is 4.90 Å². The Balaban J connectivity index is 1.97. The van der Waals surface area contributed by atoms with Crippen LogP contribution in [0.5, 0.6) is 0 Å². The molecule has 2 rings (SSSR count). The van der Waals surface area contributed by atoms with E-state index in [1.54, 1.807) is 32.2 Å². The second-order valence-corrected chi connectivity index (χ2v) is 8.24. The Morgan fingerprint density at radius 1 is 1.25 bits per heavy atom. The van der Waals surface area contributed by atoms with Crippen LogP contribution in [0.3, 0.4) is 0 Å². The molecule has 1 aliphatic heterocycles. The van der Waals surface area contributed by atoms with Gasteiger partial charge in [0.1, 0.15) is 6.04 Å². The maximum absolute atomic E-state index is 12.5. The predicted molar refractivity (Wildman–Crippen MR) is 102 cm³/mol. The first-order valence-corrected chi connectivity index (χ1v) is 10.0. The van der Waals surface area contributed by atoms with E-state index >= 15 is 0 Å². The van der Waals surface area contributed by atoms with Crippen molar-refractivity contribution in [3.8, 4) is 0 Å². The minimum Gasteiger partial charge on any atom is -0.328 e. The topological polar surface area (TPSA) is 109 Å². The number of carbonyl (C=O) groups excluding carboxylic acids is 4. The summed E-state index contributed by atoms with van der Waals surface area (Å²) in [5.41, 5.74) is 0.767. The van der Waals surface area contributed by atoms with E-state index in [4.69, 9.17) is 4.84 Å². The molecule has 4 amide bonds. The van der Waals surface area contributed by atoms with Crippen LogP contribution in [-0.2, 0) is 25.8 Å². The van der Waals surface area contributed by atoms with Gasteiger partial charge in [0.25, 0.3) is 11.8 Å². The fraction of sp³-hybridized carbons (Fsp3) is 0.611. The average Bonchev–Trinajstić information content (AvgIpc) is 3.21. The number of imide groups is 1. The SMILES string of the molecule is CC(C)c1nc(CN(C)C(=O)N[C@H](C(=O)ON2C(=O)CCC2=O)C(C)C)cs1. The number of nitrogens with one attached hydrogen (secondary N) is 1. The predicted octanol–water partition coefficient (Wildman–Crippen LogP) is 2.04. The summed E-state index contributed by atoms with van der Waals surface area (Å²) in [7, 11) is 1.60. The Labute approximate surface area is 168 Å². The number of hydroxylamine groups is 2. The molecule has 154 valence electrons. The van der Waals surface area contributed by atoms with E-state index in [1.807, 2.05) is 19.2 Å². The van der Waals surface area contributed by atoms with Crippen LogP contribution in [0.25, 0.3) is 0 Å². The first-order chi connectivity index (χ1) is 13.1. The molecular formula is C18H26N4O5S. The average molecular weight is 410 g/mol. The highest BCUT2D eigenvalue weighted by atomic mass is 32.1. The Morgan fingerprint density at radius 2 is 1.86 bits per heavy atom. The molecule has 0 spiro atoms. The molecule has 0 radical (unpaired) electrons. The summed E-state index contributed by atoms with van der Waals surface area (Å²) < 4.78 is 0. The highest BCUT2D eigenvalue weighted by molar-refractivity contribution is 7.09. The zero-order valence-electron chi connectivity index (χ0n) is 16.7. The number of aromatic nitrogens is 1. The van der Waals surface area contributed by atoms with Gasteiger partial charge in [-0.1, -0.05) is 27.7 Å². The van der Waals surface area contributed by atoms with Crippen molar-refractivity contribution in [1.29, 1.82) is 0 Å². The van der Waals surface area contributed by atoms with Gasteiger partial charge in [-0.25, -0.2) is 14.6 Å². The summed E-state index contributed by atoms with van der Waals surface area (Å²) in [5.74, 6) is -1.96. The van der Waals surface area contributed by atoms with Gasteiger partial charge < -0.3 is 15.1 Å². The van der Waals surface area contributed by atoms with Crippen LogP contribution in [0.2, 0.25) is 0 Å². The number of amides is 4. The second-order valence-electron chi connectivity index (χ2n) is 7.35. The van der Waals surface area contributed by atoms with Gasteiger partial charge in [0.05, 0.1) is 17.2 Å². The summed E-state index contributed by atoms with van der Waals surface area (Å²) in [5, 5.41) is 5.98. The molecule has 28 heavy (non-hydrogen) atoms. The maximum Gasteiger partial charge on any atom is 0.355 e. The van der Waals surface area contributed by atoms with Gasteiger partial charge in [-0.05, 0) is 5.92 Å². The van der Waals surface area contributed by atoms with Crippen molar-refractivity contribution in [2.24, 2.45) is 5.92 Å². The minimum absolute atomic E-state index is 0.0135. The summed E-state index contributed by atoms with van der Waals surface area (Å²) in [4.78, 5) is 59.0. The van der Waals surface area contributed by atoms with Gasteiger partial charge >= 0.3 is 12.0 Å². The van der Waals surface area contributed by atoms with Gasteiger partial charge in [-0.15, -0.1) is 16.4 Å². The highest BCUT2D eigenvalue weighted by Gasteiger charge is 2.36. The van der Waals surface area contributed by atoms with E-state index in [2.05, 4.69) is 10.3 Å². The molecule has 1 aromatic heterocycles. The van der Waals surface area contributed by atoms with Crippen molar-refractivity contribution in [2.75, 3.05) is 7.05 Å². The van der Waals surface area contributed by atoms with Crippen LogP contribution in [0.4, 0.5) is 4.79 Å². The molecule has 9 nitrogen and oxygen atoms in total. The van der Waals surface area contributed by atoms with Gasteiger partial charge in [0.2, 0.25) is 0 Å². The zero-order chi connectivity index (χ0) is 21.0. The number of nitrogens with zero attached hydrogens (tertiary/aromatic N) is 3. The molecule has 1 atom stereocenters. The fourth-order valence-electron chi connectivity index (χ4n) is 2.52. The third-order valence-electron chi connectivity index (χ3n) is 4.20. The third-order valence-corrected chi connectivity index (χ3v) is 5.39. The Hall–Kier alpha value is -2.49. The number of thiazole rings is 1. The van der Waals surface area contributed by atoms with E-state index < -0.39 is 29.9 Å². The second kappa shape index (κ2) is 9.13. The Kier molecular flexibility index (Phi) is 7.11. The van der Waals surface area contributed by atoms with Gasteiger partial charge in [0, 0.05) is 31.2 Å². The number of hydrogen-bond donors (Lipinski definition) is 1. The molecule has 0 unspecified atom stereocenters. The largest absolute Gasteiger partial charge is 0.355 e. The van der Waals surface area contributed by atoms with Crippen LogP contribution in [0.15, 0.2) is 5.38 Å². The van der Waals surface area contributed by atoms with Crippen molar-refractivity contribution >= 4 is 35.2 Å². The van der Waals surface area contributed by atoms with Gasteiger partial charge in [0.15, 0.2) is 0 Å². The smallest absolute Gasteiger partial charge is 0.328 e. The lowest BCUT2D eigenvalue weighted by molar-refractivity contribution is -0.199. The molecule has 1 N–H and O–H groups in total. The molecule has 2 heterocycles. The summed E-state index contributed by atoms with van der Waals surface area (Å²) >= 11 is 1.54. The van der Waals surface area contributed by atoms with Crippen molar-refractivity contribution in [1.82, 2.24) is 20.3 Å². The van der Waals surface area contributed by atoms with Crippen LogP contribution in [0.1, 0.15) is 57.2 Å². The summed E-state index contributed by atoms with van der Waals surface area (Å²) in [6.45, 7) is 7.85. The molecule has 0 bridgehead atoms. The highest BCUT2D eigenvalue weighted by Crippen LogP contribution is 2.20. The first kappa shape index (κ1) is 21.8. The number of rotatable bonds is 7. The van der Waals surface area contributed by atoms with Gasteiger partial charge in [-0.2, -0.15) is 0 Å².